The van der Waals surface area contributed by atoms with Gasteiger partial charge in [0.05, 0.1) is 23.8 Å². The lowest BCUT2D eigenvalue weighted by Gasteiger charge is -2.27. The fraction of sp³-hybridized carbons (Fsp3) is 0.258. The van der Waals surface area contributed by atoms with Gasteiger partial charge in [0.15, 0.2) is 0 Å². The molecule has 4 aromatic rings. The van der Waals surface area contributed by atoms with Crippen LogP contribution in [-0.4, -0.2) is 39.6 Å². The zero-order valence-corrected chi connectivity index (χ0v) is 21.8. The van der Waals surface area contributed by atoms with Crippen molar-refractivity contribution in [1.82, 2.24) is 14.7 Å². The Bertz CT molecular complexity index is 1340. The first kappa shape index (κ1) is 26.8. The quantitative estimate of drug-likeness (QED) is 0.251. The zero-order chi connectivity index (χ0) is 26.9. The predicted octanol–water partition coefficient (Wildman–Crippen LogP) is 6.44. The second-order valence-corrected chi connectivity index (χ2v) is 9.20. The molecule has 3 aromatic carbocycles. The second-order valence-electron chi connectivity index (χ2n) is 9.20. The van der Waals surface area contributed by atoms with E-state index in [-0.39, 0.29) is 30.1 Å². The number of benzene rings is 3. The molecule has 7 heteroatoms. The van der Waals surface area contributed by atoms with Gasteiger partial charge in [-0.1, -0.05) is 80.9 Å². The van der Waals surface area contributed by atoms with Crippen molar-refractivity contribution in [2.45, 2.75) is 39.0 Å². The molecule has 6 nitrogen and oxygen atoms in total. The molecule has 0 aliphatic carbocycles. The number of carbonyl (C=O) groups excluding carboxylic acids is 2. The number of nitrogens with one attached hydrogen (secondary N) is 1. The average molecular weight is 513 g/mol. The summed E-state index contributed by atoms with van der Waals surface area (Å²) in [6, 6.07) is 27.0. The van der Waals surface area contributed by atoms with Crippen molar-refractivity contribution in [3.05, 3.63) is 102 Å². The van der Waals surface area contributed by atoms with Crippen molar-refractivity contribution in [2.24, 2.45) is 0 Å². The number of rotatable bonds is 11. The van der Waals surface area contributed by atoms with Crippen LogP contribution in [0.1, 0.15) is 44.6 Å². The Balaban J connectivity index is 1.59. The molecule has 0 aliphatic rings. The van der Waals surface area contributed by atoms with Crippen LogP contribution in [0.2, 0.25) is 0 Å². The van der Waals surface area contributed by atoms with Gasteiger partial charge in [0.1, 0.15) is 11.6 Å². The number of halogens is 1. The molecular weight excluding hydrogens is 479 g/mol. The summed E-state index contributed by atoms with van der Waals surface area (Å²) < 4.78 is 15.2. The number of aromatic nitrogens is 2. The van der Waals surface area contributed by atoms with Crippen molar-refractivity contribution in [3.63, 3.8) is 0 Å². The van der Waals surface area contributed by atoms with Crippen LogP contribution in [0.3, 0.4) is 0 Å². The Kier molecular flexibility index (Phi) is 9.03. The smallest absolute Gasteiger partial charge is 0.245 e. The van der Waals surface area contributed by atoms with Crippen LogP contribution >= 0.6 is 0 Å². The monoisotopic (exact) mass is 512 g/mol. The molecule has 4 rings (SSSR count). The maximum absolute atomic E-state index is 13.6. The summed E-state index contributed by atoms with van der Waals surface area (Å²) in [5.74, 6) is -0.600. The van der Waals surface area contributed by atoms with Gasteiger partial charge in [-0.25, -0.2) is 9.07 Å². The molecule has 0 saturated heterocycles. The van der Waals surface area contributed by atoms with Gasteiger partial charge in [-0.3, -0.25) is 9.59 Å². The Morgan fingerprint density at radius 2 is 1.61 bits per heavy atom. The molecule has 0 bridgehead atoms. The van der Waals surface area contributed by atoms with Gasteiger partial charge in [0.2, 0.25) is 11.8 Å². The summed E-state index contributed by atoms with van der Waals surface area (Å²) in [5, 5.41) is 7.62. The number of nitrogens with zero attached hydrogens (tertiary/aromatic N) is 3. The summed E-state index contributed by atoms with van der Waals surface area (Å²) in [5.41, 5.74) is 3.11. The van der Waals surface area contributed by atoms with Gasteiger partial charge in [0.25, 0.3) is 0 Å². The molecule has 0 aliphatic heterocycles. The first-order valence-corrected chi connectivity index (χ1v) is 13.0. The molecule has 1 atom stereocenters. The van der Waals surface area contributed by atoms with Gasteiger partial charge in [-0.2, -0.15) is 5.10 Å². The van der Waals surface area contributed by atoms with Crippen molar-refractivity contribution in [1.29, 1.82) is 0 Å². The van der Waals surface area contributed by atoms with E-state index in [1.807, 2.05) is 67.6 Å². The van der Waals surface area contributed by atoms with E-state index in [0.29, 0.717) is 30.2 Å². The highest BCUT2D eigenvalue weighted by molar-refractivity contribution is 5.95. The molecular formula is C31H33FN4O2. The van der Waals surface area contributed by atoms with Crippen LogP contribution < -0.4 is 5.32 Å². The maximum atomic E-state index is 13.6. The van der Waals surface area contributed by atoms with Gasteiger partial charge >= 0.3 is 0 Å². The van der Waals surface area contributed by atoms with Crippen LogP contribution in [-0.2, 0) is 9.59 Å². The molecule has 0 fully saturated rings. The van der Waals surface area contributed by atoms with E-state index in [0.717, 1.165) is 24.0 Å². The number of hydrogen-bond acceptors (Lipinski definition) is 3. The first-order chi connectivity index (χ1) is 18.5. The van der Waals surface area contributed by atoms with Crippen LogP contribution in [0.5, 0.6) is 0 Å². The lowest BCUT2D eigenvalue weighted by atomic mass is 9.95. The lowest BCUT2D eigenvalue weighted by Crippen LogP contribution is -2.41. The largest absolute Gasteiger partial charge is 0.333 e. The fourth-order valence-corrected chi connectivity index (χ4v) is 4.43. The Morgan fingerprint density at radius 1 is 0.947 bits per heavy atom. The van der Waals surface area contributed by atoms with Crippen LogP contribution in [0.15, 0.2) is 91.0 Å². The number of hydrogen-bond donors (Lipinski definition) is 1. The lowest BCUT2D eigenvalue weighted by molar-refractivity contribution is -0.136. The second kappa shape index (κ2) is 12.8. The molecule has 0 radical (unpaired) electrons. The number of anilines is 1. The third-order valence-corrected chi connectivity index (χ3v) is 6.45. The number of carbonyl (C=O) groups is 2. The third-order valence-electron chi connectivity index (χ3n) is 6.45. The molecule has 0 unspecified atom stereocenters. The first-order valence-electron chi connectivity index (χ1n) is 13.0. The molecule has 0 saturated carbocycles. The topological polar surface area (TPSA) is 67.2 Å². The summed E-state index contributed by atoms with van der Waals surface area (Å²) in [7, 11) is 0. The molecule has 1 heterocycles. The molecule has 0 spiro atoms. The van der Waals surface area contributed by atoms with Gasteiger partial charge < -0.3 is 10.2 Å². The minimum Gasteiger partial charge on any atom is -0.333 e. The highest BCUT2D eigenvalue weighted by Crippen LogP contribution is 2.26. The van der Waals surface area contributed by atoms with Crippen molar-refractivity contribution >= 4 is 17.6 Å². The molecule has 1 N–H and O–H groups in total. The van der Waals surface area contributed by atoms with Gasteiger partial charge in [-0.05, 0) is 42.7 Å². The highest BCUT2D eigenvalue weighted by atomic mass is 19.1. The zero-order valence-electron chi connectivity index (χ0n) is 21.8. The Hall–Kier alpha value is -4.26. The van der Waals surface area contributed by atoms with Crippen molar-refractivity contribution in [2.75, 3.05) is 18.4 Å². The summed E-state index contributed by atoms with van der Waals surface area (Å²) in [6.45, 7) is 4.47. The van der Waals surface area contributed by atoms with Crippen molar-refractivity contribution < 1.29 is 14.0 Å². The number of amides is 2. The number of unbranched alkanes of at least 4 members (excludes halogenated alkanes) is 1. The fourth-order valence-electron chi connectivity index (χ4n) is 4.43. The van der Waals surface area contributed by atoms with E-state index in [1.54, 1.807) is 27.8 Å². The normalized spacial score (nSPS) is 11.7. The molecule has 196 valence electrons. The third kappa shape index (κ3) is 6.54. The molecule has 2 amide bonds. The van der Waals surface area contributed by atoms with E-state index >= 15 is 0 Å². The standard InChI is InChI=1S/C31H33FN4O2/c1-3-5-20-35(31(38)27(4-2)23-12-8-6-9-13-23)22-30(37)33-29-21-28(24-14-10-7-11-15-24)34-36(29)26-18-16-25(32)17-19-26/h6-19,21,27H,3-5,20,22H2,1-2H3,(H,33,37)/t27-/m0/s1. The van der Waals surface area contributed by atoms with Gasteiger partial charge in [0, 0.05) is 18.2 Å². The van der Waals surface area contributed by atoms with E-state index in [1.165, 1.54) is 12.1 Å². The van der Waals surface area contributed by atoms with E-state index in [4.69, 9.17) is 0 Å². The Labute approximate surface area is 223 Å². The van der Waals surface area contributed by atoms with Crippen LogP contribution in [0.25, 0.3) is 16.9 Å². The van der Waals surface area contributed by atoms with E-state index in [9.17, 15) is 14.0 Å². The van der Waals surface area contributed by atoms with Crippen LogP contribution in [0.4, 0.5) is 10.2 Å². The Morgan fingerprint density at radius 3 is 2.24 bits per heavy atom. The maximum Gasteiger partial charge on any atom is 0.245 e. The van der Waals surface area contributed by atoms with Crippen molar-refractivity contribution in [3.8, 4) is 16.9 Å². The van der Waals surface area contributed by atoms with Crippen LogP contribution in [0, 0.1) is 5.82 Å². The van der Waals surface area contributed by atoms with E-state index in [2.05, 4.69) is 17.3 Å². The average Bonchev–Trinajstić information content (AvgIpc) is 3.36. The summed E-state index contributed by atoms with van der Waals surface area (Å²) >= 11 is 0. The minimum atomic E-state index is -0.358. The SMILES string of the molecule is CCCCN(CC(=O)Nc1cc(-c2ccccc2)nn1-c1ccc(F)cc1)C(=O)[C@@H](CC)c1ccccc1. The predicted molar refractivity (Wildman–Crippen MR) is 149 cm³/mol. The molecule has 1 aromatic heterocycles. The minimum absolute atomic E-state index is 0.0562. The van der Waals surface area contributed by atoms with Gasteiger partial charge in [-0.15, -0.1) is 0 Å². The summed E-state index contributed by atoms with van der Waals surface area (Å²) in [4.78, 5) is 28.5. The summed E-state index contributed by atoms with van der Waals surface area (Å²) in [6.07, 6.45) is 2.35. The van der Waals surface area contributed by atoms with E-state index < -0.39 is 0 Å². The molecule has 38 heavy (non-hydrogen) atoms. The highest BCUT2D eigenvalue weighted by Gasteiger charge is 2.26.